The summed E-state index contributed by atoms with van der Waals surface area (Å²) in [5, 5.41) is 6.52. The molecule has 0 radical (unpaired) electrons. The number of carbonyl (C=O) groups excluding carboxylic acids is 1. The molecular formula is C25H34N4O2. The average Bonchev–Trinajstić information content (AvgIpc) is 3.64. The summed E-state index contributed by atoms with van der Waals surface area (Å²) in [5.74, 6) is 2.45. The predicted molar refractivity (Wildman–Crippen MR) is 122 cm³/mol. The number of amides is 1. The second-order valence-corrected chi connectivity index (χ2v) is 9.02. The minimum atomic E-state index is -0.112. The van der Waals surface area contributed by atoms with Crippen LogP contribution in [0.3, 0.4) is 0 Å². The largest absolute Gasteiger partial charge is 0.381 e. The van der Waals surface area contributed by atoms with Gasteiger partial charge in [-0.1, -0.05) is 29.8 Å². The fraction of sp³-hybridized carbons (Fsp3) is 0.560. The van der Waals surface area contributed by atoms with E-state index in [2.05, 4.69) is 46.8 Å². The third-order valence-corrected chi connectivity index (χ3v) is 6.55. The van der Waals surface area contributed by atoms with Crippen molar-refractivity contribution in [2.45, 2.75) is 69.9 Å². The van der Waals surface area contributed by atoms with Crippen molar-refractivity contribution in [3.05, 3.63) is 53.0 Å². The Morgan fingerprint density at radius 2 is 1.90 bits per heavy atom. The second kappa shape index (κ2) is 9.77. The summed E-state index contributed by atoms with van der Waals surface area (Å²) in [6.45, 7) is 2.09. The number of hydrogen-bond donors (Lipinski definition) is 2. The zero-order valence-corrected chi connectivity index (χ0v) is 18.9. The molecule has 166 valence electrons. The highest BCUT2D eigenvalue weighted by Gasteiger charge is 2.30. The first kappa shape index (κ1) is 21.8. The lowest BCUT2D eigenvalue weighted by Crippen LogP contribution is -2.37. The second-order valence-electron chi connectivity index (χ2n) is 9.02. The molecule has 1 aromatic heterocycles. The SMILES string of the molecule is CNc1cc(C[C@@H](NC(=O)C2CCC(OC)CC2)c2cccc(C)c2)nc(C2CC2)n1. The van der Waals surface area contributed by atoms with Crippen molar-refractivity contribution < 1.29 is 9.53 Å². The van der Waals surface area contributed by atoms with E-state index in [0.717, 1.165) is 61.4 Å². The molecule has 31 heavy (non-hydrogen) atoms. The molecule has 6 nitrogen and oxygen atoms in total. The standard InChI is InChI=1S/C25H34N4O2/c1-16-5-4-6-19(13-16)22(28-25(30)18-9-11-21(31-3)12-10-18)14-20-15-23(26-2)29-24(27-20)17-7-8-17/h4-6,13,15,17-18,21-22H,7-12,14H2,1-3H3,(H,28,30)(H,26,27,29)/t18?,21?,22-/m1/s1. The first-order valence-electron chi connectivity index (χ1n) is 11.5. The van der Waals surface area contributed by atoms with Crippen LogP contribution < -0.4 is 10.6 Å². The number of ether oxygens (including phenoxy) is 1. The molecule has 2 aliphatic rings. The summed E-state index contributed by atoms with van der Waals surface area (Å²) in [7, 11) is 3.65. The fourth-order valence-corrected chi connectivity index (χ4v) is 4.47. The average molecular weight is 423 g/mol. The van der Waals surface area contributed by atoms with Crippen molar-refractivity contribution >= 4 is 11.7 Å². The molecule has 1 aromatic carbocycles. The Labute approximate surface area is 185 Å². The molecule has 4 rings (SSSR count). The molecule has 6 heteroatoms. The first-order chi connectivity index (χ1) is 15.1. The Morgan fingerprint density at radius 1 is 1.13 bits per heavy atom. The van der Waals surface area contributed by atoms with Gasteiger partial charge in [-0.15, -0.1) is 0 Å². The maximum absolute atomic E-state index is 13.2. The lowest BCUT2D eigenvalue weighted by molar-refractivity contribution is -0.127. The van der Waals surface area contributed by atoms with E-state index < -0.39 is 0 Å². The number of carbonyl (C=O) groups is 1. The van der Waals surface area contributed by atoms with Crippen LogP contribution in [0.4, 0.5) is 5.82 Å². The number of hydrogen-bond acceptors (Lipinski definition) is 5. The van der Waals surface area contributed by atoms with Crippen LogP contribution >= 0.6 is 0 Å². The molecule has 0 unspecified atom stereocenters. The summed E-state index contributed by atoms with van der Waals surface area (Å²) < 4.78 is 5.47. The molecular weight excluding hydrogens is 388 g/mol. The van der Waals surface area contributed by atoms with Crippen molar-refractivity contribution in [3.8, 4) is 0 Å². The van der Waals surface area contributed by atoms with E-state index in [9.17, 15) is 4.79 Å². The van der Waals surface area contributed by atoms with Gasteiger partial charge >= 0.3 is 0 Å². The third-order valence-electron chi connectivity index (χ3n) is 6.55. The van der Waals surface area contributed by atoms with Gasteiger partial charge in [0.2, 0.25) is 5.91 Å². The fourth-order valence-electron chi connectivity index (χ4n) is 4.47. The minimum absolute atomic E-state index is 0.0546. The normalized spacial score (nSPS) is 22.0. The van der Waals surface area contributed by atoms with Gasteiger partial charge in [0.25, 0.3) is 0 Å². The van der Waals surface area contributed by atoms with Gasteiger partial charge in [0.05, 0.1) is 12.1 Å². The van der Waals surface area contributed by atoms with Crippen LogP contribution in [-0.4, -0.2) is 36.1 Å². The molecule has 2 N–H and O–H groups in total. The van der Waals surface area contributed by atoms with E-state index in [1.165, 1.54) is 5.56 Å². The number of anilines is 1. The van der Waals surface area contributed by atoms with Crippen molar-refractivity contribution in [2.75, 3.05) is 19.5 Å². The summed E-state index contributed by atoms with van der Waals surface area (Å²) in [5.41, 5.74) is 3.28. The number of aromatic nitrogens is 2. The number of rotatable bonds is 8. The van der Waals surface area contributed by atoms with E-state index in [1.54, 1.807) is 7.11 Å². The zero-order valence-electron chi connectivity index (χ0n) is 18.9. The molecule has 2 aromatic rings. The first-order valence-corrected chi connectivity index (χ1v) is 11.5. The highest BCUT2D eigenvalue weighted by molar-refractivity contribution is 5.79. The molecule has 1 amide bonds. The summed E-state index contributed by atoms with van der Waals surface area (Å²) in [4.78, 5) is 22.7. The third kappa shape index (κ3) is 5.62. The lowest BCUT2D eigenvalue weighted by atomic mass is 9.86. The minimum Gasteiger partial charge on any atom is -0.381 e. The number of nitrogens with zero attached hydrogens (tertiary/aromatic N) is 2. The van der Waals surface area contributed by atoms with Crippen molar-refractivity contribution in [3.63, 3.8) is 0 Å². The summed E-state index contributed by atoms with van der Waals surface area (Å²) in [6.07, 6.45) is 6.93. The highest BCUT2D eigenvalue weighted by Crippen LogP contribution is 2.38. The molecule has 0 bridgehead atoms. The van der Waals surface area contributed by atoms with Gasteiger partial charge in [0.1, 0.15) is 11.6 Å². The molecule has 0 saturated heterocycles. The predicted octanol–water partition coefficient (Wildman–Crippen LogP) is 4.31. The van der Waals surface area contributed by atoms with E-state index >= 15 is 0 Å². The van der Waals surface area contributed by atoms with E-state index in [1.807, 2.05) is 13.1 Å². The number of benzene rings is 1. The van der Waals surface area contributed by atoms with Gasteiger partial charge in [0, 0.05) is 44.2 Å². The van der Waals surface area contributed by atoms with Gasteiger partial charge in [-0.2, -0.15) is 0 Å². The monoisotopic (exact) mass is 422 g/mol. The summed E-state index contributed by atoms with van der Waals surface area (Å²) >= 11 is 0. The molecule has 2 aliphatic carbocycles. The molecule has 2 fully saturated rings. The number of methoxy groups -OCH3 is 1. The maximum Gasteiger partial charge on any atom is 0.223 e. The van der Waals surface area contributed by atoms with Crippen LogP contribution in [0.2, 0.25) is 0 Å². The Morgan fingerprint density at radius 3 is 2.55 bits per heavy atom. The summed E-state index contributed by atoms with van der Waals surface area (Å²) in [6, 6.07) is 10.3. The highest BCUT2D eigenvalue weighted by atomic mass is 16.5. The van der Waals surface area contributed by atoms with Gasteiger partial charge in [-0.3, -0.25) is 4.79 Å². The lowest BCUT2D eigenvalue weighted by Gasteiger charge is -2.29. The quantitative estimate of drug-likeness (QED) is 0.663. The van der Waals surface area contributed by atoms with E-state index in [0.29, 0.717) is 18.4 Å². The molecule has 0 spiro atoms. The molecule has 1 heterocycles. The number of nitrogens with one attached hydrogen (secondary N) is 2. The topological polar surface area (TPSA) is 76.1 Å². The van der Waals surface area contributed by atoms with Crippen LogP contribution in [0.1, 0.15) is 73.1 Å². The van der Waals surface area contributed by atoms with Gasteiger partial charge in [0.15, 0.2) is 0 Å². The Kier molecular flexibility index (Phi) is 6.86. The number of aryl methyl sites for hydroxylation is 1. The Balaban J connectivity index is 1.54. The van der Waals surface area contributed by atoms with E-state index in [-0.39, 0.29) is 17.9 Å². The van der Waals surface area contributed by atoms with Crippen LogP contribution in [0, 0.1) is 12.8 Å². The van der Waals surface area contributed by atoms with E-state index in [4.69, 9.17) is 9.72 Å². The van der Waals surface area contributed by atoms with Crippen LogP contribution in [-0.2, 0) is 16.0 Å². The molecule has 1 atom stereocenters. The van der Waals surface area contributed by atoms with Gasteiger partial charge in [-0.05, 0) is 51.0 Å². The Bertz CT molecular complexity index is 904. The van der Waals surface area contributed by atoms with Gasteiger partial charge in [-0.25, -0.2) is 9.97 Å². The molecule has 2 saturated carbocycles. The van der Waals surface area contributed by atoms with Gasteiger partial charge < -0.3 is 15.4 Å². The van der Waals surface area contributed by atoms with Crippen LogP contribution in [0.5, 0.6) is 0 Å². The van der Waals surface area contributed by atoms with Crippen molar-refractivity contribution in [1.29, 1.82) is 0 Å². The smallest absolute Gasteiger partial charge is 0.223 e. The zero-order chi connectivity index (χ0) is 21.8. The maximum atomic E-state index is 13.2. The van der Waals surface area contributed by atoms with Crippen molar-refractivity contribution in [1.82, 2.24) is 15.3 Å². The van der Waals surface area contributed by atoms with Crippen LogP contribution in [0.25, 0.3) is 0 Å². The Hall–Kier alpha value is -2.47. The van der Waals surface area contributed by atoms with Crippen molar-refractivity contribution in [2.24, 2.45) is 5.92 Å². The molecule has 0 aliphatic heterocycles. The van der Waals surface area contributed by atoms with Crippen LogP contribution in [0.15, 0.2) is 30.3 Å².